The van der Waals surface area contributed by atoms with Gasteiger partial charge in [0.15, 0.2) is 0 Å². The fourth-order valence-electron chi connectivity index (χ4n) is 4.50. The van der Waals surface area contributed by atoms with Crippen LogP contribution in [-0.2, 0) is 4.79 Å². The summed E-state index contributed by atoms with van der Waals surface area (Å²) in [5, 5.41) is 6.32. The van der Waals surface area contributed by atoms with Gasteiger partial charge in [0.1, 0.15) is 0 Å². The maximum Gasteiger partial charge on any atom is 0.326 e. The van der Waals surface area contributed by atoms with Crippen LogP contribution in [0.5, 0.6) is 0 Å². The van der Waals surface area contributed by atoms with Crippen molar-refractivity contribution in [1.82, 2.24) is 14.5 Å². The van der Waals surface area contributed by atoms with Crippen molar-refractivity contribution in [2.24, 2.45) is 0 Å². The maximum absolute atomic E-state index is 12.6. The highest BCUT2D eigenvalue weighted by Crippen LogP contribution is 2.25. The number of para-hydroxylation sites is 3. The number of anilines is 3. The van der Waals surface area contributed by atoms with Crippen LogP contribution in [0.25, 0.3) is 11.0 Å². The third kappa shape index (κ3) is 4.83. The van der Waals surface area contributed by atoms with Gasteiger partial charge in [-0.15, -0.1) is 0 Å². The first-order valence-corrected chi connectivity index (χ1v) is 11.3. The summed E-state index contributed by atoms with van der Waals surface area (Å²) in [7, 11) is 0. The molecule has 3 aromatic carbocycles. The van der Waals surface area contributed by atoms with Crippen molar-refractivity contribution in [1.29, 1.82) is 0 Å². The quantitative estimate of drug-likeness (QED) is 0.416. The van der Waals surface area contributed by atoms with E-state index in [1.54, 1.807) is 0 Å². The van der Waals surface area contributed by atoms with E-state index < -0.39 is 0 Å². The topological polar surface area (TPSA) is 82.2 Å². The van der Waals surface area contributed by atoms with E-state index in [1.807, 2.05) is 83.4 Å². The Balaban J connectivity index is 1.13. The summed E-state index contributed by atoms with van der Waals surface area (Å²) >= 11 is 0. The minimum Gasteiger partial charge on any atom is -0.356 e. The van der Waals surface area contributed by atoms with Gasteiger partial charge in [-0.05, 0) is 61.4 Å². The van der Waals surface area contributed by atoms with E-state index in [1.165, 1.54) is 0 Å². The molecule has 1 aromatic heterocycles. The Morgan fingerprint density at radius 3 is 2.24 bits per heavy atom. The van der Waals surface area contributed by atoms with Crippen LogP contribution in [0.1, 0.15) is 18.9 Å². The first-order valence-electron chi connectivity index (χ1n) is 11.3. The number of piperidine rings is 1. The molecule has 1 amide bonds. The van der Waals surface area contributed by atoms with E-state index in [2.05, 4.69) is 20.5 Å². The first kappa shape index (κ1) is 21.0. The highest BCUT2D eigenvalue weighted by atomic mass is 16.2. The van der Waals surface area contributed by atoms with Gasteiger partial charge >= 0.3 is 5.69 Å². The molecule has 0 unspecified atom stereocenters. The van der Waals surface area contributed by atoms with E-state index in [4.69, 9.17) is 0 Å². The molecule has 1 saturated heterocycles. The highest BCUT2D eigenvalue weighted by molar-refractivity contribution is 5.92. The average molecular weight is 442 g/mol. The second-order valence-corrected chi connectivity index (χ2v) is 8.44. The summed E-state index contributed by atoms with van der Waals surface area (Å²) in [5.41, 5.74) is 4.52. The fourth-order valence-corrected chi connectivity index (χ4v) is 4.50. The van der Waals surface area contributed by atoms with Crippen LogP contribution in [0, 0.1) is 0 Å². The van der Waals surface area contributed by atoms with Gasteiger partial charge in [-0.3, -0.25) is 14.3 Å². The number of imidazole rings is 1. The summed E-state index contributed by atoms with van der Waals surface area (Å²) in [6.45, 7) is 1.91. The molecule has 0 spiro atoms. The van der Waals surface area contributed by atoms with Crippen molar-refractivity contribution in [2.45, 2.75) is 18.9 Å². The molecule has 0 saturated carbocycles. The summed E-state index contributed by atoms with van der Waals surface area (Å²) in [5.74, 6) is -0.0264. The third-order valence-electron chi connectivity index (χ3n) is 6.14. The fraction of sp³-hybridized carbons (Fsp3) is 0.231. The van der Waals surface area contributed by atoms with Crippen molar-refractivity contribution >= 4 is 34.0 Å². The van der Waals surface area contributed by atoms with E-state index in [9.17, 15) is 9.59 Å². The SMILES string of the molecule is O=C(CN1CCC(n2c(=O)[nH]c3ccccc32)CC1)Nc1ccc(Nc2ccccc2)cc1. The number of nitrogens with one attached hydrogen (secondary N) is 3. The Hall–Kier alpha value is -3.84. The molecule has 0 bridgehead atoms. The zero-order valence-electron chi connectivity index (χ0n) is 18.3. The Bertz CT molecular complexity index is 1290. The number of H-pyrrole nitrogens is 1. The standard InChI is InChI=1S/C26H27N5O2/c32-25(28-21-12-10-20(11-13-21)27-19-6-2-1-3-7-19)18-30-16-14-22(15-17-30)31-24-9-5-4-8-23(24)29-26(31)33/h1-13,22,27H,14-18H2,(H,28,32)(H,29,33). The Labute approximate surface area is 192 Å². The molecule has 0 atom stereocenters. The van der Waals surface area contributed by atoms with E-state index in [0.29, 0.717) is 6.54 Å². The summed E-state index contributed by atoms with van der Waals surface area (Å²) in [4.78, 5) is 30.1. The van der Waals surface area contributed by atoms with E-state index in [-0.39, 0.29) is 17.6 Å². The van der Waals surface area contributed by atoms with Gasteiger partial charge in [0.2, 0.25) is 5.91 Å². The largest absolute Gasteiger partial charge is 0.356 e. The monoisotopic (exact) mass is 441 g/mol. The number of carbonyl (C=O) groups is 1. The molecule has 168 valence electrons. The number of fused-ring (bicyclic) bond motifs is 1. The lowest BCUT2D eigenvalue weighted by molar-refractivity contribution is -0.117. The zero-order chi connectivity index (χ0) is 22.6. The lowest BCUT2D eigenvalue weighted by Gasteiger charge is -2.32. The molecule has 0 radical (unpaired) electrons. The third-order valence-corrected chi connectivity index (χ3v) is 6.14. The van der Waals surface area contributed by atoms with Crippen molar-refractivity contribution < 1.29 is 4.79 Å². The van der Waals surface area contributed by atoms with Gasteiger partial charge in [-0.25, -0.2) is 4.79 Å². The van der Waals surface area contributed by atoms with Crippen LogP contribution < -0.4 is 16.3 Å². The molecule has 2 heterocycles. The molecular weight excluding hydrogens is 414 g/mol. The molecular formula is C26H27N5O2. The van der Waals surface area contributed by atoms with Crippen molar-refractivity contribution in [3.8, 4) is 0 Å². The van der Waals surface area contributed by atoms with Crippen molar-refractivity contribution in [3.05, 3.63) is 89.3 Å². The number of carbonyl (C=O) groups excluding carboxylic acids is 1. The Kier molecular flexibility index (Phi) is 5.95. The van der Waals surface area contributed by atoms with E-state index in [0.717, 1.165) is 54.0 Å². The number of amides is 1. The Morgan fingerprint density at radius 1 is 0.848 bits per heavy atom. The molecule has 3 N–H and O–H groups in total. The van der Waals surface area contributed by atoms with E-state index >= 15 is 0 Å². The molecule has 1 aliphatic rings. The molecule has 7 heteroatoms. The first-order chi connectivity index (χ1) is 16.2. The number of benzene rings is 3. The van der Waals surface area contributed by atoms with Crippen LogP contribution in [0.3, 0.4) is 0 Å². The predicted octanol–water partition coefficient (Wildman–Crippen LogP) is 4.35. The summed E-state index contributed by atoms with van der Waals surface area (Å²) < 4.78 is 1.87. The van der Waals surface area contributed by atoms with Gasteiger partial charge < -0.3 is 15.6 Å². The van der Waals surface area contributed by atoms with Crippen molar-refractivity contribution in [3.63, 3.8) is 0 Å². The Morgan fingerprint density at radius 2 is 1.48 bits per heavy atom. The van der Waals surface area contributed by atoms with Gasteiger partial charge in [0.05, 0.1) is 17.6 Å². The average Bonchev–Trinajstić information content (AvgIpc) is 3.17. The van der Waals surface area contributed by atoms with Crippen LogP contribution in [0.4, 0.5) is 17.1 Å². The molecule has 4 aromatic rings. The van der Waals surface area contributed by atoms with Crippen LogP contribution in [0.2, 0.25) is 0 Å². The maximum atomic E-state index is 12.6. The highest BCUT2D eigenvalue weighted by Gasteiger charge is 2.24. The second-order valence-electron chi connectivity index (χ2n) is 8.44. The minimum absolute atomic E-state index is 0.0264. The second kappa shape index (κ2) is 9.34. The van der Waals surface area contributed by atoms with Gasteiger partial charge in [0, 0.05) is 36.2 Å². The molecule has 5 rings (SSSR count). The number of hydrogen-bond donors (Lipinski definition) is 3. The molecule has 7 nitrogen and oxygen atoms in total. The molecule has 33 heavy (non-hydrogen) atoms. The normalized spacial score (nSPS) is 14.9. The molecule has 1 aliphatic heterocycles. The zero-order valence-corrected chi connectivity index (χ0v) is 18.3. The number of nitrogens with zero attached hydrogens (tertiary/aromatic N) is 2. The number of hydrogen-bond acceptors (Lipinski definition) is 4. The van der Waals surface area contributed by atoms with Gasteiger partial charge in [0.25, 0.3) is 0 Å². The van der Waals surface area contributed by atoms with Crippen LogP contribution >= 0.6 is 0 Å². The van der Waals surface area contributed by atoms with Crippen LogP contribution in [0.15, 0.2) is 83.7 Å². The minimum atomic E-state index is -0.0578. The lowest BCUT2D eigenvalue weighted by atomic mass is 10.0. The summed E-state index contributed by atoms with van der Waals surface area (Å²) in [6.07, 6.45) is 1.68. The number of aromatic nitrogens is 2. The molecule has 1 fully saturated rings. The van der Waals surface area contributed by atoms with Gasteiger partial charge in [-0.1, -0.05) is 30.3 Å². The van der Waals surface area contributed by atoms with Crippen LogP contribution in [-0.4, -0.2) is 40.0 Å². The van der Waals surface area contributed by atoms with Crippen molar-refractivity contribution in [2.75, 3.05) is 30.3 Å². The lowest BCUT2D eigenvalue weighted by Crippen LogP contribution is -2.40. The smallest absolute Gasteiger partial charge is 0.326 e. The number of rotatable bonds is 6. The van der Waals surface area contributed by atoms with Gasteiger partial charge in [-0.2, -0.15) is 0 Å². The molecule has 0 aliphatic carbocycles. The summed E-state index contributed by atoms with van der Waals surface area (Å²) in [6, 6.07) is 25.6. The number of likely N-dealkylation sites (tertiary alicyclic amines) is 1. The predicted molar refractivity (Wildman–Crippen MR) is 132 cm³/mol. The number of aromatic amines is 1.